The van der Waals surface area contributed by atoms with Crippen molar-refractivity contribution in [1.29, 1.82) is 0 Å². The van der Waals surface area contributed by atoms with Gasteiger partial charge < -0.3 is 21.3 Å². The van der Waals surface area contributed by atoms with Crippen LogP contribution in [0.3, 0.4) is 0 Å². The molecule has 4 rings (SSSR count). The molecular weight excluding hydrogens is 616 g/mol. The molecule has 0 radical (unpaired) electrons. The molecule has 0 heterocycles. The Labute approximate surface area is 267 Å². The van der Waals surface area contributed by atoms with Crippen molar-refractivity contribution in [2.24, 2.45) is 0 Å². The minimum Gasteiger partial charge on any atom is -0.389 e. The van der Waals surface area contributed by atoms with Crippen molar-refractivity contribution in [2.75, 3.05) is 26.2 Å². The molecule has 8 nitrogen and oxygen atoms in total. The van der Waals surface area contributed by atoms with Gasteiger partial charge in [-0.1, -0.05) is 48.6 Å². The standard InChI is InChI=1S/2C16H16N2O2.2Fe/c2*19-15-7-3-1-5-13(15)11-17-9-10-18-12-14-6-2-4-8-16(14)20;;/h2*1-8,11-12,17-18H,9-10H2;;/b2*13-11-,14-12-;;. The van der Waals surface area contributed by atoms with Gasteiger partial charge >= 0.3 is 0 Å². The van der Waals surface area contributed by atoms with Crippen LogP contribution in [0.15, 0.2) is 144 Å². The van der Waals surface area contributed by atoms with Gasteiger partial charge in [-0.25, -0.2) is 0 Å². The quantitative estimate of drug-likeness (QED) is 0.163. The summed E-state index contributed by atoms with van der Waals surface area (Å²) in [6.07, 6.45) is 34.2. The normalized spacial score (nSPS) is 20.0. The molecule has 4 aliphatic carbocycles. The van der Waals surface area contributed by atoms with E-state index in [1.165, 1.54) is 24.3 Å². The number of allylic oxidation sites excluding steroid dienone is 20. The maximum absolute atomic E-state index is 11.4. The van der Waals surface area contributed by atoms with E-state index in [1.54, 1.807) is 73.4 Å². The Morgan fingerprint density at radius 1 is 0.357 bits per heavy atom. The average Bonchev–Trinajstić information content (AvgIpc) is 2.96. The Bertz CT molecular complexity index is 1160. The molecule has 220 valence electrons. The number of nitrogens with one attached hydrogen (secondary N) is 4. The maximum atomic E-state index is 11.4. The van der Waals surface area contributed by atoms with Crippen LogP contribution in [0.25, 0.3) is 0 Å². The summed E-state index contributed by atoms with van der Waals surface area (Å²) < 4.78 is 0. The van der Waals surface area contributed by atoms with E-state index >= 15 is 0 Å². The van der Waals surface area contributed by atoms with Gasteiger partial charge in [-0.2, -0.15) is 0 Å². The zero-order valence-corrected chi connectivity index (χ0v) is 24.9. The van der Waals surface area contributed by atoms with Crippen LogP contribution in [0.1, 0.15) is 0 Å². The summed E-state index contributed by atoms with van der Waals surface area (Å²) in [7, 11) is 0. The fraction of sp³-hybridized carbons (Fsp3) is 0.125. The van der Waals surface area contributed by atoms with Crippen LogP contribution in [0, 0.1) is 0 Å². The van der Waals surface area contributed by atoms with Gasteiger partial charge in [0.15, 0.2) is 23.1 Å². The predicted molar refractivity (Wildman–Crippen MR) is 157 cm³/mol. The number of rotatable bonds is 10. The Balaban J connectivity index is 0.000000401. The average molecular weight is 648 g/mol. The second kappa shape index (κ2) is 20.6. The van der Waals surface area contributed by atoms with Crippen LogP contribution in [0.4, 0.5) is 0 Å². The molecule has 10 heteroatoms. The molecule has 0 saturated heterocycles. The van der Waals surface area contributed by atoms with Crippen LogP contribution in [-0.4, -0.2) is 49.3 Å². The smallest absolute Gasteiger partial charge is 0.187 e. The van der Waals surface area contributed by atoms with E-state index in [2.05, 4.69) is 21.3 Å². The third-order valence-corrected chi connectivity index (χ3v) is 5.53. The fourth-order valence-electron chi connectivity index (χ4n) is 3.42. The first-order chi connectivity index (χ1) is 19.5. The van der Waals surface area contributed by atoms with E-state index in [4.69, 9.17) is 0 Å². The Kier molecular flexibility index (Phi) is 17.6. The second-order valence-electron chi connectivity index (χ2n) is 8.55. The summed E-state index contributed by atoms with van der Waals surface area (Å²) in [5.41, 5.74) is 2.56. The molecule has 0 unspecified atom stereocenters. The van der Waals surface area contributed by atoms with Crippen LogP contribution in [-0.2, 0) is 53.3 Å². The third-order valence-electron chi connectivity index (χ3n) is 5.53. The van der Waals surface area contributed by atoms with Gasteiger partial charge in [-0.05, 0) is 48.6 Å². The van der Waals surface area contributed by atoms with Gasteiger partial charge in [0.25, 0.3) is 0 Å². The van der Waals surface area contributed by atoms with E-state index < -0.39 is 0 Å². The molecular formula is C32H32Fe2N4O4. The van der Waals surface area contributed by atoms with Gasteiger partial charge in [0, 0.05) is 107 Å². The minimum atomic E-state index is -0.000182. The number of carbonyl (C=O) groups excluding carboxylic acids is 4. The molecule has 4 aliphatic rings. The second-order valence-corrected chi connectivity index (χ2v) is 8.55. The van der Waals surface area contributed by atoms with Crippen molar-refractivity contribution in [2.45, 2.75) is 0 Å². The van der Waals surface area contributed by atoms with E-state index in [1.807, 2.05) is 24.3 Å². The number of carbonyl (C=O) groups is 4. The predicted octanol–water partition coefficient (Wildman–Crippen LogP) is 2.64. The summed E-state index contributed by atoms with van der Waals surface area (Å²) >= 11 is 0. The fourth-order valence-corrected chi connectivity index (χ4v) is 3.42. The first-order valence-corrected chi connectivity index (χ1v) is 12.8. The van der Waals surface area contributed by atoms with Crippen molar-refractivity contribution >= 4 is 23.1 Å². The molecule has 0 spiro atoms. The molecule has 0 bridgehead atoms. The largest absolute Gasteiger partial charge is 0.389 e. The Hall–Kier alpha value is -4.20. The van der Waals surface area contributed by atoms with Crippen molar-refractivity contribution in [3.05, 3.63) is 144 Å². The molecule has 0 fully saturated rings. The van der Waals surface area contributed by atoms with E-state index in [0.717, 1.165) is 0 Å². The van der Waals surface area contributed by atoms with E-state index in [9.17, 15) is 19.2 Å². The SMILES string of the molecule is O=C1C=CC=C/C1=C/NCCN/C=C1/C=CC=CC1=O.O=C1C=CC=C/C1=C/NCCN/C=C1/C=CC=CC1=O.[Fe].[Fe]. The van der Waals surface area contributed by atoms with Gasteiger partial charge in [-0.15, -0.1) is 0 Å². The molecule has 42 heavy (non-hydrogen) atoms. The zero-order valence-electron chi connectivity index (χ0n) is 22.7. The molecule has 0 atom stereocenters. The molecule has 0 aliphatic heterocycles. The van der Waals surface area contributed by atoms with Crippen LogP contribution in [0.2, 0.25) is 0 Å². The Morgan fingerprint density at radius 2 is 0.548 bits per heavy atom. The molecule has 0 aromatic heterocycles. The first-order valence-electron chi connectivity index (χ1n) is 12.8. The van der Waals surface area contributed by atoms with Gasteiger partial charge in [0.2, 0.25) is 0 Å². The molecule has 0 aromatic carbocycles. The van der Waals surface area contributed by atoms with Crippen molar-refractivity contribution in [3.63, 3.8) is 0 Å². The zero-order chi connectivity index (χ0) is 28.4. The van der Waals surface area contributed by atoms with Crippen molar-refractivity contribution in [3.8, 4) is 0 Å². The van der Waals surface area contributed by atoms with Crippen LogP contribution in [0.5, 0.6) is 0 Å². The van der Waals surface area contributed by atoms with Gasteiger partial charge in [-0.3, -0.25) is 19.2 Å². The molecule has 0 amide bonds. The van der Waals surface area contributed by atoms with Crippen molar-refractivity contribution in [1.82, 2.24) is 21.3 Å². The summed E-state index contributed by atoms with van der Waals surface area (Å²) in [5, 5.41) is 12.2. The van der Waals surface area contributed by atoms with Crippen LogP contribution >= 0.6 is 0 Å². The topological polar surface area (TPSA) is 116 Å². The first kappa shape index (κ1) is 35.8. The number of hydrogen-bond donors (Lipinski definition) is 4. The summed E-state index contributed by atoms with van der Waals surface area (Å²) in [4.78, 5) is 45.7. The molecule has 0 aromatic rings. The van der Waals surface area contributed by atoms with E-state index in [-0.39, 0.29) is 57.3 Å². The summed E-state index contributed by atoms with van der Waals surface area (Å²) in [6.45, 7) is 2.63. The summed E-state index contributed by atoms with van der Waals surface area (Å²) in [5.74, 6) is -0.000726. The van der Waals surface area contributed by atoms with Gasteiger partial charge in [0.1, 0.15) is 0 Å². The maximum Gasteiger partial charge on any atom is 0.187 e. The summed E-state index contributed by atoms with van der Waals surface area (Å²) in [6, 6.07) is 0. The Morgan fingerprint density at radius 3 is 0.738 bits per heavy atom. The monoisotopic (exact) mass is 648 g/mol. The van der Waals surface area contributed by atoms with Crippen molar-refractivity contribution < 1.29 is 53.3 Å². The number of hydrogen-bond acceptors (Lipinski definition) is 8. The van der Waals surface area contributed by atoms with Crippen LogP contribution < -0.4 is 21.3 Å². The molecule has 4 N–H and O–H groups in total. The third kappa shape index (κ3) is 13.0. The van der Waals surface area contributed by atoms with Gasteiger partial charge in [0.05, 0.1) is 0 Å². The minimum absolute atomic E-state index is 0. The molecule has 0 saturated carbocycles. The number of ketones is 4. The van der Waals surface area contributed by atoms with E-state index in [0.29, 0.717) is 48.5 Å².